The standard InChI is InChI=1S/C40H47N5O5S/c1-40(2,3)35-14-13-34(51-35)37(46)43-33(38(47)45-24-31(25-45)39(48)49)21-27-7-11-30(12-8-27)36-41-22-32(23-42-36)44-18-15-29(16-19-44)28-9-5-26(6-10-28)17-20-50-4/h5-14,22-23,29,31,33H,15-21,24-25H2,1-4H3,(H,43,46)(H,48,49)/t33-/m0/s1. The SMILES string of the molecule is COCCc1ccc(C2CCN(c3cnc(-c4ccc(C[C@H](NC(=O)c5ccc(C(C)(C)C)s5)C(=O)N5CC(C(=O)O)C5)cc4)nc3)CC2)cc1. The first-order valence-electron chi connectivity index (χ1n) is 17.7. The zero-order valence-corrected chi connectivity index (χ0v) is 30.6. The highest BCUT2D eigenvalue weighted by atomic mass is 32.1. The number of aromatic nitrogens is 2. The molecule has 4 heterocycles. The van der Waals surface area contributed by atoms with Crippen molar-refractivity contribution in [1.29, 1.82) is 0 Å². The van der Waals surface area contributed by atoms with Crippen LogP contribution in [0.1, 0.15) is 70.8 Å². The normalized spacial score (nSPS) is 16.1. The van der Waals surface area contributed by atoms with Crippen LogP contribution in [0.5, 0.6) is 0 Å². The number of thiophene rings is 1. The molecule has 2 aliphatic heterocycles. The number of rotatable bonds is 12. The molecule has 0 aliphatic carbocycles. The second-order valence-corrected chi connectivity index (χ2v) is 15.7. The molecule has 2 aromatic heterocycles. The Kier molecular flexibility index (Phi) is 11.2. The number of piperidine rings is 1. The number of ether oxygens (including phenoxy) is 1. The summed E-state index contributed by atoms with van der Waals surface area (Å²) in [7, 11) is 1.73. The molecule has 0 spiro atoms. The van der Waals surface area contributed by atoms with Gasteiger partial charge in [-0.2, -0.15) is 0 Å². The number of carboxylic acid groups (broad SMARTS) is 1. The zero-order chi connectivity index (χ0) is 36.1. The van der Waals surface area contributed by atoms with Crippen LogP contribution in [-0.4, -0.2) is 83.7 Å². The highest BCUT2D eigenvalue weighted by Crippen LogP contribution is 2.32. The summed E-state index contributed by atoms with van der Waals surface area (Å²) in [6.07, 6.45) is 7.13. The molecule has 2 aromatic carbocycles. The molecule has 6 rings (SSSR count). The van der Waals surface area contributed by atoms with E-state index >= 15 is 0 Å². The molecule has 0 radical (unpaired) electrons. The van der Waals surface area contributed by atoms with Gasteiger partial charge in [-0.15, -0.1) is 11.3 Å². The lowest BCUT2D eigenvalue weighted by Crippen LogP contribution is -2.59. The first-order valence-corrected chi connectivity index (χ1v) is 18.5. The van der Waals surface area contributed by atoms with Crippen LogP contribution in [-0.2, 0) is 32.6 Å². The van der Waals surface area contributed by atoms with Gasteiger partial charge >= 0.3 is 5.97 Å². The average Bonchev–Trinajstić information content (AvgIpc) is 3.62. The lowest BCUT2D eigenvalue weighted by molar-refractivity contribution is -0.153. The smallest absolute Gasteiger partial charge is 0.310 e. The van der Waals surface area contributed by atoms with Crippen molar-refractivity contribution in [3.63, 3.8) is 0 Å². The minimum Gasteiger partial charge on any atom is -0.481 e. The van der Waals surface area contributed by atoms with Gasteiger partial charge in [0.05, 0.1) is 35.5 Å². The van der Waals surface area contributed by atoms with Gasteiger partial charge in [0, 0.05) is 50.2 Å². The maximum Gasteiger partial charge on any atom is 0.310 e. The molecule has 268 valence electrons. The van der Waals surface area contributed by atoms with Crippen LogP contribution < -0.4 is 10.2 Å². The summed E-state index contributed by atoms with van der Waals surface area (Å²) in [6, 6.07) is 19.6. The van der Waals surface area contributed by atoms with E-state index in [4.69, 9.17) is 4.74 Å². The number of nitrogens with one attached hydrogen (secondary N) is 1. The number of nitrogens with zero attached hydrogens (tertiary/aromatic N) is 4. The number of likely N-dealkylation sites (tertiary alicyclic amines) is 1. The van der Waals surface area contributed by atoms with E-state index in [0.29, 0.717) is 16.6 Å². The van der Waals surface area contributed by atoms with E-state index < -0.39 is 17.9 Å². The first-order chi connectivity index (χ1) is 24.5. The summed E-state index contributed by atoms with van der Waals surface area (Å²) >= 11 is 1.42. The summed E-state index contributed by atoms with van der Waals surface area (Å²) in [5.74, 6) is -0.933. The van der Waals surface area contributed by atoms with Gasteiger partial charge in [-0.1, -0.05) is 69.3 Å². The molecule has 2 N–H and O–H groups in total. The predicted molar refractivity (Wildman–Crippen MR) is 199 cm³/mol. The number of aliphatic carboxylic acids is 1. The number of carboxylic acids is 1. The zero-order valence-electron chi connectivity index (χ0n) is 29.8. The Hall–Kier alpha value is -4.61. The Labute approximate surface area is 303 Å². The number of hydrogen-bond acceptors (Lipinski definition) is 8. The monoisotopic (exact) mass is 709 g/mol. The molecule has 4 aromatic rings. The lowest BCUT2D eigenvalue weighted by atomic mass is 9.88. The van der Waals surface area contributed by atoms with Crippen LogP contribution in [0.15, 0.2) is 73.1 Å². The summed E-state index contributed by atoms with van der Waals surface area (Å²) in [5.41, 5.74) is 5.33. The summed E-state index contributed by atoms with van der Waals surface area (Å²) in [4.78, 5) is 53.0. The second kappa shape index (κ2) is 15.7. The topological polar surface area (TPSA) is 125 Å². The molecular weight excluding hydrogens is 663 g/mol. The highest BCUT2D eigenvalue weighted by molar-refractivity contribution is 7.14. The van der Waals surface area contributed by atoms with E-state index in [-0.39, 0.29) is 36.7 Å². The quantitative estimate of drug-likeness (QED) is 0.185. The molecule has 10 nitrogen and oxygen atoms in total. The van der Waals surface area contributed by atoms with Crippen LogP contribution in [0.2, 0.25) is 0 Å². The summed E-state index contributed by atoms with van der Waals surface area (Å²) in [6.45, 7) is 9.19. The molecular formula is C40H47N5O5S. The Morgan fingerprint density at radius 3 is 2.18 bits per heavy atom. The van der Waals surface area contributed by atoms with E-state index in [0.717, 1.165) is 60.7 Å². The molecule has 2 aliphatic rings. The minimum atomic E-state index is -0.917. The Morgan fingerprint density at radius 1 is 0.941 bits per heavy atom. The van der Waals surface area contributed by atoms with Gasteiger partial charge in [0.15, 0.2) is 5.82 Å². The fourth-order valence-corrected chi connectivity index (χ4v) is 7.60. The molecule has 0 bridgehead atoms. The van der Waals surface area contributed by atoms with Crippen molar-refractivity contribution in [2.75, 3.05) is 44.8 Å². The van der Waals surface area contributed by atoms with E-state index in [9.17, 15) is 19.5 Å². The number of benzene rings is 2. The van der Waals surface area contributed by atoms with E-state index in [1.807, 2.05) is 42.7 Å². The van der Waals surface area contributed by atoms with E-state index in [1.165, 1.54) is 27.4 Å². The highest BCUT2D eigenvalue weighted by Gasteiger charge is 2.39. The average molecular weight is 710 g/mol. The second-order valence-electron chi connectivity index (χ2n) is 14.6. The van der Waals surface area contributed by atoms with Crippen molar-refractivity contribution in [1.82, 2.24) is 20.2 Å². The number of amides is 2. The van der Waals surface area contributed by atoms with Gasteiger partial charge in [0.25, 0.3) is 5.91 Å². The maximum absolute atomic E-state index is 13.5. The lowest BCUT2D eigenvalue weighted by Gasteiger charge is -2.38. The van der Waals surface area contributed by atoms with Crippen LogP contribution in [0, 0.1) is 5.92 Å². The van der Waals surface area contributed by atoms with Crippen LogP contribution in [0.3, 0.4) is 0 Å². The molecule has 0 unspecified atom stereocenters. The molecule has 1 atom stereocenters. The first kappa shape index (κ1) is 36.2. The molecule has 0 saturated carbocycles. The number of anilines is 1. The molecule has 2 saturated heterocycles. The fraction of sp³-hybridized carbons (Fsp3) is 0.425. The van der Waals surface area contributed by atoms with Crippen molar-refractivity contribution in [2.45, 2.75) is 63.8 Å². The molecule has 11 heteroatoms. The third kappa shape index (κ3) is 8.83. The number of hydrogen-bond donors (Lipinski definition) is 2. The van der Waals surface area contributed by atoms with E-state index in [2.05, 4.69) is 65.2 Å². The third-order valence-electron chi connectivity index (χ3n) is 9.91. The van der Waals surface area contributed by atoms with Crippen molar-refractivity contribution in [2.24, 2.45) is 5.92 Å². The summed E-state index contributed by atoms with van der Waals surface area (Å²) in [5, 5.41) is 12.3. The number of methoxy groups -OCH3 is 1. The van der Waals surface area contributed by atoms with Crippen molar-refractivity contribution in [3.8, 4) is 11.4 Å². The Bertz CT molecular complexity index is 1800. The van der Waals surface area contributed by atoms with Gasteiger partial charge in [0.2, 0.25) is 5.91 Å². The largest absolute Gasteiger partial charge is 0.481 e. The number of carbonyl (C=O) groups is 3. The molecule has 2 amide bonds. The van der Waals surface area contributed by atoms with Gasteiger partial charge in [0.1, 0.15) is 6.04 Å². The third-order valence-corrected chi connectivity index (χ3v) is 11.4. The van der Waals surface area contributed by atoms with Gasteiger partial charge in [-0.05, 0) is 59.4 Å². The van der Waals surface area contributed by atoms with Gasteiger partial charge in [-0.25, -0.2) is 9.97 Å². The van der Waals surface area contributed by atoms with Crippen molar-refractivity contribution in [3.05, 3.63) is 99.5 Å². The number of carbonyl (C=O) groups excluding carboxylic acids is 2. The maximum atomic E-state index is 13.5. The van der Waals surface area contributed by atoms with Crippen LogP contribution in [0.4, 0.5) is 5.69 Å². The fourth-order valence-electron chi connectivity index (χ4n) is 6.63. The predicted octanol–water partition coefficient (Wildman–Crippen LogP) is 5.96. The van der Waals surface area contributed by atoms with Crippen LogP contribution in [0.25, 0.3) is 11.4 Å². The van der Waals surface area contributed by atoms with Crippen molar-refractivity contribution < 1.29 is 24.2 Å². The Morgan fingerprint density at radius 2 is 1.59 bits per heavy atom. The Balaban J connectivity index is 1.07. The minimum absolute atomic E-state index is 0.0941. The van der Waals surface area contributed by atoms with Crippen molar-refractivity contribution >= 4 is 34.8 Å². The molecule has 2 fully saturated rings. The van der Waals surface area contributed by atoms with E-state index in [1.54, 1.807) is 13.2 Å². The van der Waals surface area contributed by atoms with Gasteiger partial charge in [-0.3, -0.25) is 14.4 Å². The van der Waals surface area contributed by atoms with Crippen LogP contribution >= 0.6 is 11.3 Å². The summed E-state index contributed by atoms with van der Waals surface area (Å²) < 4.78 is 5.20. The molecule has 51 heavy (non-hydrogen) atoms. The van der Waals surface area contributed by atoms with Gasteiger partial charge < -0.3 is 25.0 Å².